The highest BCUT2D eigenvalue weighted by Gasteiger charge is 2.31. The van der Waals surface area contributed by atoms with Gasteiger partial charge in [-0.3, -0.25) is 0 Å². The first-order valence-corrected chi connectivity index (χ1v) is 4.27. The fraction of sp³-hybridized carbons (Fsp3) is 0.400. The number of nitrogen functional groups attached to an aromatic ring is 1. The Kier molecular flexibility index (Phi) is 1.75. The number of nitrogens with two attached hydrogens (primary N) is 1. The molecule has 0 saturated heterocycles. The van der Waals surface area contributed by atoms with Crippen molar-refractivity contribution in [2.45, 2.75) is 24.9 Å². The van der Waals surface area contributed by atoms with Crippen molar-refractivity contribution < 1.29 is 4.39 Å². The van der Waals surface area contributed by atoms with Crippen molar-refractivity contribution >= 4 is 5.69 Å². The van der Waals surface area contributed by atoms with Crippen molar-refractivity contribution in [1.82, 2.24) is 0 Å². The van der Waals surface area contributed by atoms with Gasteiger partial charge in [0.1, 0.15) is 6.17 Å². The maximum Gasteiger partial charge on any atom is 0.107 e. The normalized spacial score (nSPS) is 28.1. The Morgan fingerprint density at radius 1 is 1.17 bits per heavy atom. The van der Waals surface area contributed by atoms with Crippen LogP contribution in [0, 0.1) is 0 Å². The van der Waals surface area contributed by atoms with Gasteiger partial charge in [0.2, 0.25) is 0 Å². The second kappa shape index (κ2) is 2.77. The predicted molar refractivity (Wildman–Crippen MR) is 47.7 cm³/mol. The van der Waals surface area contributed by atoms with Crippen LogP contribution < -0.4 is 5.73 Å². The van der Waals surface area contributed by atoms with E-state index in [9.17, 15) is 4.39 Å². The predicted octanol–water partition coefficient (Wildman–Crippen LogP) is 2.48. The van der Waals surface area contributed by atoms with Crippen molar-refractivity contribution in [3.8, 4) is 0 Å². The molecule has 1 aromatic rings. The summed E-state index contributed by atoms with van der Waals surface area (Å²) in [5.74, 6) is 0.130. The zero-order valence-electron chi connectivity index (χ0n) is 6.83. The third kappa shape index (κ3) is 1.17. The lowest BCUT2D eigenvalue weighted by atomic mass is 9.78. The first-order valence-electron chi connectivity index (χ1n) is 4.27. The van der Waals surface area contributed by atoms with Crippen molar-refractivity contribution in [2.75, 3.05) is 5.73 Å². The molecule has 12 heavy (non-hydrogen) atoms. The number of hydrogen-bond acceptors (Lipinski definition) is 1. The van der Waals surface area contributed by atoms with Gasteiger partial charge >= 0.3 is 0 Å². The summed E-state index contributed by atoms with van der Waals surface area (Å²) in [5, 5.41) is 0. The van der Waals surface area contributed by atoms with Crippen molar-refractivity contribution in [1.29, 1.82) is 0 Å². The topological polar surface area (TPSA) is 26.0 Å². The number of benzene rings is 1. The smallest absolute Gasteiger partial charge is 0.107 e. The van der Waals surface area contributed by atoms with E-state index >= 15 is 0 Å². The Balaban J connectivity index is 2.18. The van der Waals surface area contributed by atoms with Crippen molar-refractivity contribution in [2.24, 2.45) is 0 Å². The van der Waals surface area contributed by atoms with Gasteiger partial charge in [0.05, 0.1) is 0 Å². The van der Waals surface area contributed by atoms with Crippen molar-refractivity contribution in [3.05, 3.63) is 29.8 Å². The van der Waals surface area contributed by atoms with E-state index in [1.165, 1.54) is 0 Å². The zero-order chi connectivity index (χ0) is 8.55. The van der Waals surface area contributed by atoms with Crippen LogP contribution in [-0.2, 0) is 0 Å². The highest BCUT2D eigenvalue weighted by atomic mass is 19.1. The van der Waals surface area contributed by atoms with Crippen LogP contribution in [0.2, 0.25) is 0 Å². The molecule has 1 saturated carbocycles. The number of rotatable bonds is 1. The molecular formula is C10H12FN. The largest absolute Gasteiger partial charge is 0.399 e. The monoisotopic (exact) mass is 165 g/mol. The molecule has 0 spiro atoms. The summed E-state index contributed by atoms with van der Waals surface area (Å²) in [6.07, 6.45) is 1.06. The zero-order valence-corrected chi connectivity index (χ0v) is 6.83. The molecule has 0 aliphatic heterocycles. The highest BCUT2D eigenvalue weighted by molar-refractivity contribution is 5.40. The fourth-order valence-electron chi connectivity index (χ4n) is 1.58. The average Bonchev–Trinajstić information content (AvgIpc) is 2.06. The minimum atomic E-state index is -0.631. The van der Waals surface area contributed by atoms with Crippen LogP contribution in [0.4, 0.5) is 10.1 Å². The molecule has 2 rings (SSSR count). The Morgan fingerprint density at radius 2 is 1.83 bits per heavy atom. The molecule has 2 atom stereocenters. The van der Waals surface area contributed by atoms with E-state index in [0.717, 1.165) is 24.1 Å². The van der Waals surface area contributed by atoms with Crippen molar-refractivity contribution in [3.63, 3.8) is 0 Å². The fourth-order valence-corrected chi connectivity index (χ4v) is 1.58. The maximum absolute atomic E-state index is 12.9. The van der Waals surface area contributed by atoms with Crippen LogP contribution in [0.1, 0.15) is 24.3 Å². The van der Waals surface area contributed by atoms with Gasteiger partial charge < -0.3 is 5.73 Å². The second-order valence-corrected chi connectivity index (χ2v) is 3.37. The summed E-state index contributed by atoms with van der Waals surface area (Å²) in [7, 11) is 0. The van der Waals surface area contributed by atoms with Gasteiger partial charge in [-0.2, -0.15) is 0 Å². The number of hydrogen-bond donors (Lipinski definition) is 1. The van der Waals surface area contributed by atoms with Gasteiger partial charge in [-0.1, -0.05) is 12.1 Å². The molecule has 0 radical (unpaired) electrons. The summed E-state index contributed by atoms with van der Waals surface area (Å²) in [4.78, 5) is 0. The lowest BCUT2D eigenvalue weighted by Crippen LogP contribution is -2.24. The summed E-state index contributed by atoms with van der Waals surface area (Å²) < 4.78 is 12.9. The van der Waals surface area contributed by atoms with E-state index in [-0.39, 0.29) is 5.92 Å². The van der Waals surface area contributed by atoms with Gasteiger partial charge in [-0.25, -0.2) is 4.39 Å². The van der Waals surface area contributed by atoms with Crippen LogP contribution in [0.25, 0.3) is 0 Å². The molecular weight excluding hydrogens is 153 g/mol. The standard InChI is InChI=1S/C10H12FN/c11-10-6-5-9(10)7-1-3-8(12)4-2-7/h1-4,9-10H,5-6,12H2. The number of halogens is 1. The summed E-state index contributed by atoms with van der Waals surface area (Å²) in [6.45, 7) is 0. The van der Waals surface area contributed by atoms with Crippen LogP contribution in [0.3, 0.4) is 0 Å². The third-order valence-corrected chi connectivity index (χ3v) is 2.55. The molecule has 2 heteroatoms. The minimum absolute atomic E-state index is 0.130. The van der Waals surface area contributed by atoms with E-state index < -0.39 is 6.17 Å². The maximum atomic E-state index is 12.9. The van der Waals surface area contributed by atoms with Crippen LogP contribution in [0.15, 0.2) is 24.3 Å². The third-order valence-electron chi connectivity index (χ3n) is 2.55. The number of alkyl halides is 1. The molecule has 1 aliphatic rings. The molecule has 2 N–H and O–H groups in total. The van der Waals surface area contributed by atoms with Crippen LogP contribution in [-0.4, -0.2) is 6.17 Å². The average molecular weight is 165 g/mol. The minimum Gasteiger partial charge on any atom is -0.399 e. The Labute approximate surface area is 71.4 Å². The van der Waals surface area contributed by atoms with Crippen LogP contribution in [0.5, 0.6) is 0 Å². The molecule has 1 nitrogen and oxygen atoms in total. The number of anilines is 1. The quantitative estimate of drug-likeness (QED) is 0.635. The first-order chi connectivity index (χ1) is 5.77. The highest BCUT2D eigenvalue weighted by Crippen LogP contribution is 2.39. The second-order valence-electron chi connectivity index (χ2n) is 3.37. The molecule has 0 bridgehead atoms. The Bertz CT molecular complexity index is 268. The Morgan fingerprint density at radius 3 is 2.25 bits per heavy atom. The molecule has 64 valence electrons. The molecule has 1 aliphatic carbocycles. The van der Waals surface area contributed by atoms with Gasteiger partial charge in [-0.15, -0.1) is 0 Å². The lowest BCUT2D eigenvalue weighted by molar-refractivity contribution is 0.170. The first kappa shape index (κ1) is 7.59. The lowest BCUT2D eigenvalue weighted by Gasteiger charge is -2.30. The Hall–Kier alpha value is -1.05. The van der Waals surface area contributed by atoms with E-state index in [1.807, 2.05) is 24.3 Å². The van der Waals surface area contributed by atoms with E-state index in [0.29, 0.717) is 0 Å². The summed E-state index contributed by atoms with van der Waals surface area (Å²) >= 11 is 0. The molecule has 2 unspecified atom stereocenters. The van der Waals surface area contributed by atoms with Gasteiger partial charge in [0, 0.05) is 11.6 Å². The van der Waals surface area contributed by atoms with E-state index in [1.54, 1.807) is 0 Å². The van der Waals surface area contributed by atoms with E-state index in [2.05, 4.69) is 0 Å². The van der Waals surface area contributed by atoms with E-state index in [4.69, 9.17) is 5.73 Å². The molecule has 0 heterocycles. The summed E-state index contributed by atoms with van der Waals surface area (Å²) in [6, 6.07) is 7.51. The molecule has 1 fully saturated rings. The van der Waals surface area contributed by atoms with Gasteiger partial charge in [0.25, 0.3) is 0 Å². The molecule has 1 aromatic carbocycles. The SMILES string of the molecule is Nc1ccc(C2CCC2F)cc1. The van der Waals surface area contributed by atoms with Gasteiger partial charge in [-0.05, 0) is 30.5 Å². The molecule has 0 aromatic heterocycles. The summed E-state index contributed by atoms with van der Waals surface area (Å²) in [5.41, 5.74) is 7.36. The van der Waals surface area contributed by atoms with Gasteiger partial charge in [0.15, 0.2) is 0 Å². The van der Waals surface area contributed by atoms with Crippen LogP contribution >= 0.6 is 0 Å². The molecule has 0 amide bonds.